The number of urea groups is 1. The topological polar surface area (TPSA) is 92.6 Å². The van der Waals surface area contributed by atoms with Gasteiger partial charge in [-0.05, 0) is 32.4 Å². The van der Waals surface area contributed by atoms with Crippen LogP contribution in [-0.4, -0.2) is 71.4 Å². The van der Waals surface area contributed by atoms with Gasteiger partial charge in [0.15, 0.2) is 11.5 Å². The summed E-state index contributed by atoms with van der Waals surface area (Å²) in [6.45, 7) is 8.59. The van der Waals surface area contributed by atoms with Gasteiger partial charge >= 0.3 is 6.03 Å². The quantitative estimate of drug-likeness (QED) is 0.714. The van der Waals surface area contributed by atoms with Crippen molar-refractivity contribution >= 4 is 23.0 Å². The molecule has 0 unspecified atom stereocenters. The summed E-state index contributed by atoms with van der Waals surface area (Å²) < 4.78 is 6.92. The monoisotopic (exact) mass is 388 g/mol. The number of carbonyl (C=O) groups is 1. The van der Waals surface area contributed by atoms with Crippen molar-refractivity contribution in [2.75, 3.05) is 50.8 Å². The summed E-state index contributed by atoms with van der Waals surface area (Å²) in [6.07, 6.45) is 2.46. The minimum Gasteiger partial charge on any atom is -0.382 e. The number of nitrogens with zero attached hydrogens (tertiary/aromatic N) is 5. The summed E-state index contributed by atoms with van der Waals surface area (Å²) in [5.74, 6) is 0.430. The van der Waals surface area contributed by atoms with E-state index in [0.29, 0.717) is 69.5 Å². The molecule has 1 aliphatic rings. The first-order valence-corrected chi connectivity index (χ1v) is 9.86. The minimum atomic E-state index is -0.137. The molecular weight excluding hydrogens is 360 g/mol. The molecule has 0 spiro atoms. The molecule has 0 aromatic carbocycles. The first-order chi connectivity index (χ1) is 13.7. The Morgan fingerprint density at radius 3 is 2.75 bits per heavy atom. The van der Waals surface area contributed by atoms with Crippen molar-refractivity contribution in [1.82, 2.24) is 24.8 Å². The maximum absolute atomic E-state index is 12.9. The summed E-state index contributed by atoms with van der Waals surface area (Å²) in [7, 11) is 0. The lowest BCUT2D eigenvalue weighted by Gasteiger charge is -2.35. The van der Waals surface area contributed by atoms with Crippen LogP contribution in [-0.2, 0) is 11.3 Å². The summed E-state index contributed by atoms with van der Waals surface area (Å²) in [4.78, 5) is 37.7. The van der Waals surface area contributed by atoms with Crippen molar-refractivity contribution in [3.8, 4) is 0 Å². The van der Waals surface area contributed by atoms with Gasteiger partial charge in [0, 0.05) is 58.7 Å². The third kappa shape index (κ3) is 4.41. The van der Waals surface area contributed by atoms with E-state index in [2.05, 4.69) is 15.3 Å². The number of aryl methyl sites for hydroxylation is 1. The molecule has 9 nitrogen and oxygen atoms in total. The molecule has 3 rings (SSSR count). The van der Waals surface area contributed by atoms with Crippen LogP contribution in [0.3, 0.4) is 0 Å². The molecule has 1 N–H and O–H groups in total. The van der Waals surface area contributed by atoms with Crippen molar-refractivity contribution in [3.05, 3.63) is 28.7 Å². The molecule has 0 radical (unpaired) electrons. The first-order valence-electron chi connectivity index (χ1n) is 9.86. The second kappa shape index (κ2) is 9.50. The molecule has 0 bridgehead atoms. The van der Waals surface area contributed by atoms with Gasteiger partial charge in [0.1, 0.15) is 5.52 Å². The Labute approximate surface area is 164 Å². The fraction of sp³-hybridized carbons (Fsp3) is 0.579. The smallest absolute Gasteiger partial charge is 0.317 e. The molecule has 152 valence electrons. The SMILES string of the molecule is CCOCCCNC(=O)N1CCN(c2nc3cccnc3n(CC)c2=O)CC1. The highest BCUT2D eigenvalue weighted by atomic mass is 16.5. The second-order valence-electron chi connectivity index (χ2n) is 6.59. The van der Waals surface area contributed by atoms with Gasteiger partial charge in [-0.15, -0.1) is 0 Å². The Kier molecular flexibility index (Phi) is 6.80. The number of ether oxygens (including phenoxy) is 1. The minimum absolute atomic E-state index is 0.0715. The molecule has 0 aliphatic carbocycles. The van der Waals surface area contributed by atoms with Crippen molar-refractivity contribution in [1.29, 1.82) is 0 Å². The maximum atomic E-state index is 12.9. The number of aromatic nitrogens is 3. The van der Waals surface area contributed by atoms with E-state index in [-0.39, 0.29) is 11.6 Å². The van der Waals surface area contributed by atoms with E-state index in [1.54, 1.807) is 15.7 Å². The molecule has 2 amide bonds. The highest BCUT2D eigenvalue weighted by molar-refractivity contribution is 5.75. The fourth-order valence-corrected chi connectivity index (χ4v) is 3.31. The number of nitrogens with one attached hydrogen (secondary N) is 1. The zero-order chi connectivity index (χ0) is 19.9. The number of hydrogen-bond donors (Lipinski definition) is 1. The highest BCUT2D eigenvalue weighted by Gasteiger charge is 2.24. The Hall–Kier alpha value is -2.68. The molecule has 2 aromatic heterocycles. The average Bonchev–Trinajstić information content (AvgIpc) is 2.73. The molecule has 28 heavy (non-hydrogen) atoms. The van der Waals surface area contributed by atoms with Crippen LogP contribution >= 0.6 is 0 Å². The van der Waals surface area contributed by atoms with E-state index < -0.39 is 0 Å². The number of piperazine rings is 1. The number of carbonyl (C=O) groups excluding carboxylic acids is 1. The zero-order valence-corrected chi connectivity index (χ0v) is 16.6. The van der Waals surface area contributed by atoms with Crippen LogP contribution < -0.4 is 15.8 Å². The van der Waals surface area contributed by atoms with E-state index in [1.165, 1.54) is 0 Å². The molecule has 1 aliphatic heterocycles. The van der Waals surface area contributed by atoms with Crippen LogP contribution in [0.15, 0.2) is 23.1 Å². The second-order valence-corrected chi connectivity index (χ2v) is 6.59. The van der Waals surface area contributed by atoms with Gasteiger partial charge in [-0.2, -0.15) is 0 Å². The molecule has 0 saturated carbocycles. The number of amides is 2. The zero-order valence-electron chi connectivity index (χ0n) is 16.6. The summed E-state index contributed by atoms with van der Waals surface area (Å²) in [6, 6.07) is 3.61. The lowest BCUT2D eigenvalue weighted by Crippen LogP contribution is -2.53. The van der Waals surface area contributed by atoms with Gasteiger partial charge in [0.25, 0.3) is 5.56 Å². The third-order valence-corrected chi connectivity index (χ3v) is 4.81. The van der Waals surface area contributed by atoms with Crippen LogP contribution in [0.4, 0.5) is 10.6 Å². The van der Waals surface area contributed by atoms with Gasteiger partial charge in [0.2, 0.25) is 0 Å². The van der Waals surface area contributed by atoms with Crippen LogP contribution in [0, 0.1) is 0 Å². The first kappa shape index (κ1) is 20.1. The Morgan fingerprint density at radius 2 is 2.04 bits per heavy atom. The van der Waals surface area contributed by atoms with Gasteiger partial charge in [-0.25, -0.2) is 14.8 Å². The van der Waals surface area contributed by atoms with Gasteiger partial charge in [-0.1, -0.05) is 0 Å². The van der Waals surface area contributed by atoms with Crippen LogP contribution in [0.1, 0.15) is 20.3 Å². The van der Waals surface area contributed by atoms with Crippen LogP contribution in [0.25, 0.3) is 11.2 Å². The number of anilines is 1. The molecule has 1 fully saturated rings. The number of hydrogen-bond acceptors (Lipinski definition) is 6. The molecule has 3 heterocycles. The van der Waals surface area contributed by atoms with Crippen LogP contribution in [0.5, 0.6) is 0 Å². The van der Waals surface area contributed by atoms with Gasteiger partial charge < -0.3 is 19.9 Å². The van der Waals surface area contributed by atoms with E-state index in [4.69, 9.17) is 4.74 Å². The molecule has 0 atom stereocenters. The van der Waals surface area contributed by atoms with Crippen LogP contribution in [0.2, 0.25) is 0 Å². The maximum Gasteiger partial charge on any atom is 0.317 e. The lowest BCUT2D eigenvalue weighted by atomic mass is 10.3. The average molecular weight is 388 g/mol. The van der Waals surface area contributed by atoms with E-state index in [1.807, 2.05) is 30.9 Å². The van der Waals surface area contributed by atoms with E-state index in [9.17, 15) is 9.59 Å². The third-order valence-electron chi connectivity index (χ3n) is 4.81. The van der Waals surface area contributed by atoms with Gasteiger partial charge in [-0.3, -0.25) is 9.36 Å². The summed E-state index contributed by atoms with van der Waals surface area (Å²) in [5.41, 5.74) is 1.17. The fourth-order valence-electron chi connectivity index (χ4n) is 3.31. The van der Waals surface area contributed by atoms with Crippen molar-refractivity contribution < 1.29 is 9.53 Å². The van der Waals surface area contributed by atoms with Crippen molar-refractivity contribution in [3.63, 3.8) is 0 Å². The van der Waals surface area contributed by atoms with E-state index >= 15 is 0 Å². The largest absolute Gasteiger partial charge is 0.382 e. The summed E-state index contributed by atoms with van der Waals surface area (Å²) >= 11 is 0. The number of rotatable bonds is 7. The lowest BCUT2D eigenvalue weighted by molar-refractivity contribution is 0.143. The highest BCUT2D eigenvalue weighted by Crippen LogP contribution is 2.14. The standard InChI is InChI=1S/C19H28N6O3/c1-3-25-16-15(7-5-8-20-16)22-17(18(25)26)23-10-12-24(13-11-23)19(27)21-9-6-14-28-4-2/h5,7-8H,3-4,6,9-14H2,1-2H3,(H,21,27). The Morgan fingerprint density at radius 1 is 1.25 bits per heavy atom. The Balaban J connectivity index is 1.63. The molecule has 1 saturated heterocycles. The Bertz CT molecular complexity index is 860. The number of pyridine rings is 1. The van der Waals surface area contributed by atoms with Gasteiger partial charge in [0.05, 0.1) is 0 Å². The molecular formula is C19H28N6O3. The normalized spacial score (nSPS) is 14.5. The summed E-state index contributed by atoms with van der Waals surface area (Å²) in [5, 5.41) is 2.92. The molecule has 9 heteroatoms. The predicted octanol–water partition coefficient (Wildman–Crippen LogP) is 1.07. The predicted molar refractivity (Wildman–Crippen MR) is 108 cm³/mol. The van der Waals surface area contributed by atoms with Crippen molar-refractivity contribution in [2.45, 2.75) is 26.8 Å². The number of fused-ring (bicyclic) bond motifs is 1. The van der Waals surface area contributed by atoms with Crippen molar-refractivity contribution in [2.24, 2.45) is 0 Å². The molecule has 2 aromatic rings. The van der Waals surface area contributed by atoms with E-state index in [0.717, 1.165) is 6.42 Å².